The van der Waals surface area contributed by atoms with Gasteiger partial charge in [0.15, 0.2) is 5.69 Å². The van der Waals surface area contributed by atoms with E-state index in [4.69, 9.17) is 0 Å². The number of amides is 1. The number of aromatic nitrogens is 2. The summed E-state index contributed by atoms with van der Waals surface area (Å²) in [4.78, 5) is 14.4. The van der Waals surface area contributed by atoms with Crippen LogP contribution in [0, 0.1) is 5.82 Å². The van der Waals surface area contributed by atoms with Crippen LogP contribution in [0.5, 0.6) is 0 Å². The first-order chi connectivity index (χ1) is 12.6. The van der Waals surface area contributed by atoms with Crippen molar-refractivity contribution in [2.24, 2.45) is 0 Å². The van der Waals surface area contributed by atoms with Crippen LogP contribution >= 0.6 is 0 Å². The summed E-state index contributed by atoms with van der Waals surface area (Å²) in [6.45, 7) is 2.50. The monoisotopic (exact) mass is 352 g/mol. The molecule has 3 rings (SSSR count). The summed E-state index contributed by atoms with van der Waals surface area (Å²) in [6.07, 6.45) is 1.58. The van der Waals surface area contributed by atoms with Crippen LogP contribution in [0.25, 0.3) is 5.69 Å². The van der Waals surface area contributed by atoms with Gasteiger partial charge in [0.05, 0.1) is 0 Å². The smallest absolute Gasteiger partial charge is 0.271 e. The summed E-state index contributed by atoms with van der Waals surface area (Å²) in [5.41, 5.74) is 1.64. The van der Waals surface area contributed by atoms with Gasteiger partial charge in [-0.25, -0.2) is 9.07 Å². The molecule has 0 saturated carbocycles. The third kappa shape index (κ3) is 3.91. The third-order valence-electron chi connectivity index (χ3n) is 4.30. The van der Waals surface area contributed by atoms with Crippen LogP contribution in [0.3, 0.4) is 0 Å². The number of nitrogens with one attached hydrogen (secondary N) is 1. The highest BCUT2D eigenvalue weighted by Gasteiger charge is 2.15. The van der Waals surface area contributed by atoms with Crippen molar-refractivity contribution in [3.05, 3.63) is 78.4 Å². The van der Waals surface area contributed by atoms with Crippen molar-refractivity contribution in [1.29, 1.82) is 0 Å². The molecule has 134 valence electrons. The molecule has 0 radical (unpaired) electrons. The van der Waals surface area contributed by atoms with Gasteiger partial charge in [0, 0.05) is 31.5 Å². The fourth-order valence-corrected chi connectivity index (χ4v) is 2.60. The Bertz CT molecular complexity index is 878. The van der Waals surface area contributed by atoms with E-state index in [9.17, 15) is 9.18 Å². The Hall–Kier alpha value is -3.15. The molecule has 1 aromatic heterocycles. The minimum Gasteiger partial charge on any atom is -0.370 e. The van der Waals surface area contributed by atoms with E-state index in [1.165, 1.54) is 10.7 Å². The molecule has 1 amide bonds. The standard InChI is InChI=1S/C20H21FN4O/c1-15(24(2)16-8-4-3-5-9-16)14-22-20(26)18-12-13-25(23-18)19-11-7-6-10-17(19)21/h3-13,15H,14H2,1-2H3,(H,22,26). The second-order valence-electron chi connectivity index (χ2n) is 6.10. The van der Waals surface area contributed by atoms with Gasteiger partial charge in [-0.1, -0.05) is 30.3 Å². The number of hydrogen-bond acceptors (Lipinski definition) is 3. The molecule has 26 heavy (non-hydrogen) atoms. The Labute approximate surface area is 152 Å². The SMILES string of the molecule is CC(CNC(=O)c1ccn(-c2ccccc2F)n1)N(C)c1ccccc1. The Morgan fingerprint density at radius 1 is 1.15 bits per heavy atom. The summed E-state index contributed by atoms with van der Waals surface area (Å²) < 4.78 is 15.2. The van der Waals surface area contributed by atoms with Crippen LogP contribution in [0.2, 0.25) is 0 Å². The highest BCUT2D eigenvalue weighted by molar-refractivity contribution is 5.92. The molecule has 0 aliphatic heterocycles. The number of benzene rings is 2. The van der Waals surface area contributed by atoms with E-state index in [-0.39, 0.29) is 23.5 Å². The molecular weight excluding hydrogens is 331 g/mol. The Kier molecular flexibility index (Phi) is 5.31. The van der Waals surface area contributed by atoms with Gasteiger partial charge in [0.2, 0.25) is 0 Å². The molecule has 6 heteroatoms. The number of rotatable bonds is 6. The topological polar surface area (TPSA) is 50.2 Å². The molecule has 1 heterocycles. The van der Waals surface area contributed by atoms with E-state index in [2.05, 4.69) is 15.3 Å². The van der Waals surface area contributed by atoms with E-state index >= 15 is 0 Å². The average Bonchev–Trinajstić information content (AvgIpc) is 3.16. The summed E-state index contributed by atoms with van der Waals surface area (Å²) in [6, 6.07) is 18.0. The molecule has 3 aromatic rings. The first-order valence-electron chi connectivity index (χ1n) is 8.43. The number of para-hydroxylation sites is 2. The lowest BCUT2D eigenvalue weighted by Gasteiger charge is -2.27. The maximum atomic E-state index is 13.8. The zero-order chi connectivity index (χ0) is 18.5. The van der Waals surface area contributed by atoms with Crippen molar-refractivity contribution in [1.82, 2.24) is 15.1 Å². The van der Waals surface area contributed by atoms with Crippen LogP contribution in [0.1, 0.15) is 17.4 Å². The number of likely N-dealkylation sites (N-methyl/N-ethyl adjacent to an activating group) is 1. The van der Waals surface area contributed by atoms with Crippen LogP contribution in [0.15, 0.2) is 66.9 Å². The number of anilines is 1. The number of hydrogen-bond donors (Lipinski definition) is 1. The Morgan fingerprint density at radius 2 is 1.85 bits per heavy atom. The van der Waals surface area contributed by atoms with E-state index < -0.39 is 0 Å². The second kappa shape index (κ2) is 7.82. The lowest BCUT2D eigenvalue weighted by Crippen LogP contribution is -2.40. The second-order valence-corrected chi connectivity index (χ2v) is 6.10. The highest BCUT2D eigenvalue weighted by Crippen LogP contribution is 2.14. The Morgan fingerprint density at radius 3 is 2.58 bits per heavy atom. The molecule has 5 nitrogen and oxygen atoms in total. The fraction of sp³-hybridized carbons (Fsp3) is 0.200. The van der Waals surface area contributed by atoms with Crippen molar-refractivity contribution in [3.8, 4) is 5.69 Å². The maximum Gasteiger partial charge on any atom is 0.271 e. The summed E-state index contributed by atoms with van der Waals surface area (Å²) in [5.74, 6) is -0.672. The molecule has 0 saturated heterocycles. The molecule has 2 aromatic carbocycles. The number of carbonyl (C=O) groups is 1. The molecule has 1 unspecified atom stereocenters. The van der Waals surface area contributed by atoms with Crippen LogP contribution in [-0.2, 0) is 0 Å². The predicted octanol–water partition coefficient (Wildman–Crippen LogP) is 3.27. The summed E-state index contributed by atoms with van der Waals surface area (Å²) >= 11 is 0. The zero-order valence-corrected chi connectivity index (χ0v) is 14.8. The van der Waals surface area contributed by atoms with Gasteiger partial charge in [-0.05, 0) is 37.3 Å². The van der Waals surface area contributed by atoms with E-state index in [0.29, 0.717) is 12.2 Å². The van der Waals surface area contributed by atoms with E-state index in [1.807, 2.05) is 44.3 Å². The predicted molar refractivity (Wildman–Crippen MR) is 100 cm³/mol. The minimum absolute atomic E-state index is 0.106. The molecule has 0 aliphatic carbocycles. The number of nitrogens with zero attached hydrogens (tertiary/aromatic N) is 3. The van der Waals surface area contributed by atoms with E-state index in [0.717, 1.165) is 5.69 Å². The molecule has 1 N–H and O–H groups in total. The highest BCUT2D eigenvalue weighted by atomic mass is 19.1. The first-order valence-corrected chi connectivity index (χ1v) is 8.43. The molecule has 0 fully saturated rings. The van der Waals surface area contributed by atoms with Gasteiger partial charge >= 0.3 is 0 Å². The lowest BCUT2D eigenvalue weighted by molar-refractivity contribution is 0.0946. The zero-order valence-electron chi connectivity index (χ0n) is 14.8. The Balaban J connectivity index is 1.61. The van der Waals surface area contributed by atoms with Crippen molar-refractivity contribution in [3.63, 3.8) is 0 Å². The van der Waals surface area contributed by atoms with Crippen molar-refractivity contribution in [2.75, 3.05) is 18.5 Å². The van der Waals surface area contributed by atoms with Gasteiger partial charge in [-0.2, -0.15) is 5.10 Å². The summed E-state index contributed by atoms with van der Waals surface area (Å²) in [7, 11) is 1.99. The quantitative estimate of drug-likeness (QED) is 0.741. The van der Waals surface area contributed by atoms with Crippen LogP contribution in [-0.4, -0.2) is 35.3 Å². The van der Waals surface area contributed by atoms with Crippen LogP contribution in [0.4, 0.5) is 10.1 Å². The minimum atomic E-state index is -0.388. The van der Waals surface area contributed by atoms with Gasteiger partial charge in [-0.15, -0.1) is 0 Å². The average molecular weight is 352 g/mol. The van der Waals surface area contributed by atoms with Gasteiger partial charge < -0.3 is 10.2 Å². The molecule has 0 bridgehead atoms. The summed E-state index contributed by atoms with van der Waals surface area (Å²) in [5, 5.41) is 7.05. The largest absolute Gasteiger partial charge is 0.370 e. The number of carbonyl (C=O) groups excluding carboxylic acids is 1. The van der Waals surface area contributed by atoms with Gasteiger partial charge in [0.25, 0.3) is 5.91 Å². The van der Waals surface area contributed by atoms with Crippen molar-refractivity contribution >= 4 is 11.6 Å². The number of halogens is 1. The van der Waals surface area contributed by atoms with Crippen LogP contribution < -0.4 is 10.2 Å². The third-order valence-corrected chi connectivity index (χ3v) is 4.30. The first kappa shape index (κ1) is 17.7. The van der Waals surface area contributed by atoms with Gasteiger partial charge in [0.1, 0.15) is 11.5 Å². The molecule has 1 atom stereocenters. The van der Waals surface area contributed by atoms with Crippen molar-refractivity contribution < 1.29 is 9.18 Å². The fourth-order valence-electron chi connectivity index (χ4n) is 2.60. The lowest BCUT2D eigenvalue weighted by atomic mass is 10.2. The molecule has 0 aliphatic rings. The molecule has 0 spiro atoms. The normalized spacial score (nSPS) is 11.8. The van der Waals surface area contributed by atoms with Crippen molar-refractivity contribution in [2.45, 2.75) is 13.0 Å². The van der Waals surface area contributed by atoms with Gasteiger partial charge in [-0.3, -0.25) is 4.79 Å². The molecular formula is C20H21FN4O. The maximum absolute atomic E-state index is 13.8. The van der Waals surface area contributed by atoms with E-state index in [1.54, 1.807) is 30.5 Å².